The van der Waals surface area contributed by atoms with Crippen LogP contribution < -0.4 is 10.2 Å². The molecule has 0 aromatic heterocycles. The van der Waals surface area contributed by atoms with Gasteiger partial charge in [-0.1, -0.05) is 20.8 Å². The minimum Gasteiger partial charge on any atom is -0.377 e. The van der Waals surface area contributed by atoms with Gasteiger partial charge in [0.15, 0.2) is 0 Å². The van der Waals surface area contributed by atoms with E-state index in [2.05, 4.69) is 5.32 Å². The molecular formula is C19H31N3O2. The van der Waals surface area contributed by atoms with Crippen molar-refractivity contribution in [2.45, 2.75) is 41.0 Å². The Kier molecular flexibility index (Phi) is 6.81. The smallest absolute Gasteiger partial charge is 0.256 e. The lowest BCUT2D eigenvalue weighted by molar-refractivity contribution is -0.117. The summed E-state index contributed by atoms with van der Waals surface area (Å²) in [6, 6.07) is 5.49. The van der Waals surface area contributed by atoms with Gasteiger partial charge in [-0.2, -0.15) is 0 Å². The molecule has 1 aromatic rings. The fourth-order valence-corrected chi connectivity index (χ4v) is 2.54. The van der Waals surface area contributed by atoms with Gasteiger partial charge < -0.3 is 15.1 Å². The van der Waals surface area contributed by atoms with Crippen LogP contribution in [0.4, 0.5) is 11.4 Å². The highest BCUT2D eigenvalue weighted by Gasteiger charge is 2.20. The van der Waals surface area contributed by atoms with Crippen LogP contribution in [0.5, 0.6) is 0 Å². The molecule has 0 aliphatic carbocycles. The summed E-state index contributed by atoms with van der Waals surface area (Å²) >= 11 is 0. The molecule has 0 atom stereocenters. The molecule has 0 saturated carbocycles. The zero-order valence-corrected chi connectivity index (χ0v) is 16.1. The van der Waals surface area contributed by atoms with Crippen molar-refractivity contribution in [2.24, 2.45) is 5.41 Å². The Balaban J connectivity index is 3.12. The maximum Gasteiger partial charge on any atom is 0.256 e. The Hall–Kier alpha value is -2.04. The predicted octanol–water partition coefficient (Wildman–Crippen LogP) is 3.61. The molecule has 5 heteroatoms. The minimum absolute atomic E-state index is 0.0179. The number of carbonyl (C=O) groups excluding carboxylic acids is 2. The van der Waals surface area contributed by atoms with E-state index < -0.39 is 0 Å². The highest BCUT2D eigenvalue weighted by atomic mass is 16.2. The second-order valence-electron chi connectivity index (χ2n) is 7.39. The number of nitrogens with zero attached hydrogens (tertiary/aromatic N) is 2. The lowest BCUT2D eigenvalue weighted by atomic mass is 9.92. The molecule has 2 amide bonds. The van der Waals surface area contributed by atoms with Crippen LogP contribution >= 0.6 is 0 Å². The second kappa shape index (κ2) is 8.18. The lowest BCUT2D eigenvalue weighted by Gasteiger charge is -2.24. The number of hydrogen-bond acceptors (Lipinski definition) is 3. The van der Waals surface area contributed by atoms with Crippen molar-refractivity contribution in [2.75, 3.05) is 37.4 Å². The zero-order valence-electron chi connectivity index (χ0n) is 16.1. The molecule has 1 N–H and O–H groups in total. The van der Waals surface area contributed by atoms with Crippen LogP contribution in [0.2, 0.25) is 0 Å². The SMILES string of the molecule is CCN(CC)C(=O)c1cc(NC(=O)CC(C)(C)C)ccc1N(C)C. The Bertz CT molecular complexity index is 585. The summed E-state index contributed by atoms with van der Waals surface area (Å²) in [6.07, 6.45) is 0.432. The number of carbonyl (C=O) groups is 2. The third-order valence-electron chi connectivity index (χ3n) is 3.73. The van der Waals surface area contributed by atoms with Crippen LogP contribution in [0.15, 0.2) is 18.2 Å². The maximum absolute atomic E-state index is 12.8. The molecule has 0 fully saturated rings. The fraction of sp³-hybridized carbons (Fsp3) is 0.579. The van der Waals surface area contributed by atoms with Crippen LogP contribution in [-0.2, 0) is 4.79 Å². The van der Waals surface area contributed by atoms with Gasteiger partial charge in [0.05, 0.1) is 5.56 Å². The van der Waals surface area contributed by atoms with Gasteiger partial charge in [0.25, 0.3) is 5.91 Å². The van der Waals surface area contributed by atoms with Gasteiger partial charge in [0.2, 0.25) is 5.91 Å². The Morgan fingerprint density at radius 3 is 2.12 bits per heavy atom. The van der Waals surface area contributed by atoms with Gasteiger partial charge in [-0.3, -0.25) is 9.59 Å². The summed E-state index contributed by atoms with van der Waals surface area (Å²) in [7, 11) is 3.82. The Labute approximate surface area is 146 Å². The molecule has 0 aliphatic heterocycles. The first-order valence-corrected chi connectivity index (χ1v) is 8.49. The number of benzene rings is 1. The molecule has 0 spiro atoms. The quantitative estimate of drug-likeness (QED) is 0.865. The average Bonchev–Trinajstić information content (AvgIpc) is 2.45. The van der Waals surface area contributed by atoms with Gasteiger partial charge in [-0.05, 0) is 37.5 Å². The minimum atomic E-state index is -0.0759. The fourth-order valence-electron chi connectivity index (χ4n) is 2.54. The molecule has 1 aromatic carbocycles. The van der Waals surface area contributed by atoms with E-state index >= 15 is 0 Å². The third-order valence-corrected chi connectivity index (χ3v) is 3.73. The van der Waals surface area contributed by atoms with Gasteiger partial charge in [-0.25, -0.2) is 0 Å². The monoisotopic (exact) mass is 333 g/mol. The van der Waals surface area contributed by atoms with Crippen LogP contribution in [-0.4, -0.2) is 43.9 Å². The van der Waals surface area contributed by atoms with E-state index in [0.717, 1.165) is 5.69 Å². The molecule has 134 valence electrons. The first-order valence-electron chi connectivity index (χ1n) is 8.49. The summed E-state index contributed by atoms with van der Waals surface area (Å²) in [5, 5.41) is 2.91. The summed E-state index contributed by atoms with van der Waals surface area (Å²) in [6.45, 7) is 11.3. The van der Waals surface area contributed by atoms with Crippen molar-refractivity contribution in [1.82, 2.24) is 4.90 Å². The van der Waals surface area contributed by atoms with Crippen molar-refractivity contribution in [3.8, 4) is 0 Å². The molecule has 0 heterocycles. The molecule has 0 aliphatic rings. The largest absolute Gasteiger partial charge is 0.377 e. The number of anilines is 2. The van der Waals surface area contributed by atoms with Crippen molar-refractivity contribution >= 4 is 23.2 Å². The predicted molar refractivity (Wildman–Crippen MR) is 101 cm³/mol. The van der Waals surface area contributed by atoms with E-state index in [9.17, 15) is 9.59 Å². The molecule has 0 bridgehead atoms. The third kappa shape index (κ3) is 5.55. The average molecular weight is 333 g/mol. The van der Waals surface area contributed by atoms with Crippen LogP contribution in [0.1, 0.15) is 51.4 Å². The number of rotatable bonds is 6. The normalized spacial score (nSPS) is 11.1. The van der Waals surface area contributed by atoms with E-state index in [1.807, 2.05) is 65.7 Å². The number of amides is 2. The highest BCUT2D eigenvalue weighted by Crippen LogP contribution is 2.25. The topological polar surface area (TPSA) is 52.7 Å². The van der Waals surface area contributed by atoms with E-state index in [1.165, 1.54) is 0 Å². The lowest BCUT2D eigenvalue weighted by Crippen LogP contribution is -2.32. The molecule has 0 unspecified atom stereocenters. The van der Waals surface area contributed by atoms with Crippen LogP contribution in [0.25, 0.3) is 0 Å². The van der Waals surface area contributed by atoms with Gasteiger partial charge in [0.1, 0.15) is 0 Å². The zero-order chi connectivity index (χ0) is 18.5. The first-order chi connectivity index (χ1) is 11.1. The maximum atomic E-state index is 12.8. The second-order valence-corrected chi connectivity index (χ2v) is 7.39. The van der Waals surface area contributed by atoms with Crippen LogP contribution in [0, 0.1) is 5.41 Å². The van der Waals surface area contributed by atoms with E-state index in [4.69, 9.17) is 0 Å². The molecule has 5 nitrogen and oxygen atoms in total. The van der Waals surface area contributed by atoms with Gasteiger partial charge >= 0.3 is 0 Å². The highest BCUT2D eigenvalue weighted by molar-refractivity contribution is 6.02. The van der Waals surface area contributed by atoms with E-state index in [-0.39, 0.29) is 17.2 Å². The van der Waals surface area contributed by atoms with Gasteiger partial charge in [-0.15, -0.1) is 0 Å². The van der Waals surface area contributed by atoms with Crippen molar-refractivity contribution in [1.29, 1.82) is 0 Å². The van der Waals surface area contributed by atoms with Crippen LogP contribution in [0.3, 0.4) is 0 Å². The van der Waals surface area contributed by atoms with Crippen molar-refractivity contribution in [3.63, 3.8) is 0 Å². The standard InChI is InChI=1S/C19H31N3O2/c1-8-22(9-2)18(24)15-12-14(10-11-16(15)21(6)7)20-17(23)13-19(3,4)5/h10-12H,8-9,13H2,1-7H3,(H,20,23). The van der Waals surface area contributed by atoms with Gasteiger partial charge in [0, 0.05) is 45.0 Å². The molecular weight excluding hydrogens is 302 g/mol. The summed E-state index contributed by atoms with van der Waals surface area (Å²) in [5.74, 6) is -0.0584. The van der Waals surface area contributed by atoms with E-state index in [1.54, 1.807) is 11.0 Å². The van der Waals surface area contributed by atoms with E-state index in [0.29, 0.717) is 30.8 Å². The molecule has 1 rings (SSSR count). The Morgan fingerprint density at radius 1 is 1.08 bits per heavy atom. The Morgan fingerprint density at radius 2 is 1.67 bits per heavy atom. The summed E-state index contributed by atoms with van der Waals surface area (Å²) in [4.78, 5) is 28.6. The summed E-state index contributed by atoms with van der Waals surface area (Å²) < 4.78 is 0. The number of hydrogen-bond donors (Lipinski definition) is 1. The number of nitrogens with one attached hydrogen (secondary N) is 1. The summed E-state index contributed by atoms with van der Waals surface area (Å²) in [5.41, 5.74) is 2.04. The van der Waals surface area contributed by atoms with Crippen molar-refractivity contribution in [3.05, 3.63) is 23.8 Å². The van der Waals surface area contributed by atoms with Crippen molar-refractivity contribution < 1.29 is 9.59 Å². The molecule has 24 heavy (non-hydrogen) atoms. The molecule has 0 radical (unpaired) electrons. The molecule has 0 saturated heterocycles. The first kappa shape index (κ1) is 20.0.